The Balaban J connectivity index is 2.24. The second kappa shape index (κ2) is 4.88. The van der Waals surface area contributed by atoms with Crippen LogP contribution in [-0.4, -0.2) is 29.9 Å². The van der Waals surface area contributed by atoms with Gasteiger partial charge in [-0.25, -0.2) is 0 Å². The van der Waals surface area contributed by atoms with Crippen molar-refractivity contribution in [1.82, 2.24) is 4.90 Å². The number of nitrogens with two attached hydrogens (primary N) is 1. The summed E-state index contributed by atoms with van der Waals surface area (Å²) < 4.78 is 0. The maximum Gasteiger partial charge on any atom is 0.254 e. The standard InChI is InChI=1S/C14H20N2O/c1-10-5-6-13(11(2)8-10)14(17)16-7-3-4-12(16)9-15/h5-6,8,12H,3-4,7,9,15H2,1-2H3. The lowest BCUT2D eigenvalue weighted by molar-refractivity contribution is 0.0740. The van der Waals surface area contributed by atoms with Gasteiger partial charge in [0.1, 0.15) is 0 Å². The molecule has 0 spiro atoms. The minimum Gasteiger partial charge on any atom is -0.334 e. The number of carbonyl (C=O) groups excluding carboxylic acids is 1. The highest BCUT2D eigenvalue weighted by molar-refractivity contribution is 5.96. The highest BCUT2D eigenvalue weighted by Crippen LogP contribution is 2.21. The Labute approximate surface area is 103 Å². The highest BCUT2D eigenvalue weighted by atomic mass is 16.2. The minimum atomic E-state index is 0.135. The monoisotopic (exact) mass is 232 g/mol. The zero-order chi connectivity index (χ0) is 12.4. The molecule has 1 aromatic rings. The second-order valence-electron chi connectivity index (χ2n) is 4.85. The smallest absolute Gasteiger partial charge is 0.254 e. The van der Waals surface area contributed by atoms with Crippen molar-refractivity contribution in [3.05, 3.63) is 34.9 Å². The molecule has 3 nitrogen and oxygen atoms in total. The first-order valence-corrected chi connectivity index (χ1v) is 6.21. The van der Waals surface area contributed by atoms with E-state index in [0.29, 0.717) is 6.54 Å². The predicted octanol–water partition coefficient (Wildman–Crippen LogP) is 1.87. The number of carbonyl (C=O) groups is 1. The summed E-state index contributed by atoms with van der Waals surface area (Å²) in [4.78, 5) is 14.3. The largest absolute Gasteiger partial charge is 0.334 e. The molecule has 1 unspecified atom stereocenters. The van der Waals surface area contributed by atoms with Crippen LogP contribution in [0.15, 0.2) is 18.2 Å². The molecule has 1 aliphatic rings. The molecule has 17 heavy (non-hydrogen) atoms. The maximum absolute atomic E-state index is 12.4. The number of hydrogen-bond donors (Lipinski definition) is 1. The van der Waals surface area contributed by atoms with Crippen molar-refractivity contribution in [2.75, 3.05) is 13.1 Å². The minimum absolute atomic E-state index is 0.135. The molecule has 0 radical (unpaired) electrons. The van der Waals surface area contributed by atoms with Gasteiger partial charge in [-0.2, -0.15) is 0 Å². The molecule has 92 valence electrons. The van der Waals surface area contributed by atoms with Crippen molar-refractivity contribution in [3.63, 3.8) is 0 Å². The third-order valence-corrected chi connectivity index (χ3v) is 3.52. The fourth-order valence-corrected chi connectivity index (χ4v) is 2.56. The molecule has 1 fully saturated rings. The molecule has 2 N–H and O–H groups in total. The van der Waals surface area contributed by atoms with Crippen LogP contribution in [0.3, 0.4) is 0 Å². The zero-order valence-corrected chi connectivity index (χ0v) is 10.6. The van der Waals surface area contributed by atoms with E-state index in [4.69, 9.17) is 5.73 Å². The van der Waals surface area contributed by atoms with Crippen molar-refractivity contribution in [1.29, 1.82) is 0 Å². The third-order valence-electron chi connectivity index (χ3n) is 3.52. The van der Waals surface area contributed by atoms with Crippen molar-refractivity contribution in [2.45, 2.75) is 32.7 Å². The Kier molecular flexibility index (Phi) is 3.48. The van der Waals surface area contributed by atoms with E-state index in [2.05, 4.69) is 6.07 Å². The fourth-order valence-electron chi connectivity index (χ4n) is 2.56. The van der Waals surface area contributed by atoms with Gasteiger partial charge in [-0.15, -0.1) is 0 Å². The van der Waals surface area contributed by atoms with Gasteiger partial charge in [0.25, 0.3) is 5.91 Å². The van der Waals surface area contributed by atoms with E-state index in [1.54, 1.807) is 0 Å². The van der Waals surface area contributed by atoms with Crippen LogP contribution in [0.2, 0.25) is 0 Å². The van der Waals surface area contributed by atoms with E-state index in [0.717, 1.165) is 30.5 Å². The Morgan fingerprint density at radius 1 is 1.47 bits per heavy atom. The molecule has 0 aromatic heterocycles. The van der Waals surface area contributed by atoms with Crippen molar-refractivity contribution < 1.29 is 4.79 Å². The van der Waals surface area contributed by atoms with Crippen LogP contribution >= 0.6 is 0 Å². The Hall–Kier alpha value is -1.35. The molecule has 1 saturated heterocycles. The van der Waals surface area contributed by atoms with Gasteiger partial charge in [0.05, 0.1) is 0 Å². The summed E-state index contributed by atoms with van der Waals surface area (Å²) in [7, 11) is 0. The number of amides is 1. The van der Waals surface area contributed by atoms with E-state index in [9.17, 15) is 4.79 Å². The normalized spacial score (nSPS) is 19.7. The molecule has 0 saturated carbocycles. The average molecular weight is 232 g/mol. The second-order valence-corrected chi connectivity index (χ2v) is 4.85. The van der Waals surface area contributed by atoms with Gasteiger partial charge in [-0.3, -0.25) is 4.79 Å². The Bertz CT molecular complexity index is 428. The summed E-state index contributed by atoms with van der Waals surface area (Å²) in [5, 5.41) is 0. The van der Waals surface area contributed by atoms with Crippen molar-refractivity contribution in [2.24, 2.45) is 5.73 Å². The van der Waals surface area contributed by atoms with Gasteiger partial charge in [0.15, 0.2) is 0 Å². The van der Waals surface area contributed by atoms with Crippen molar-refractivity contribution in [3.8, 4) is 0 Å². The van der Waals surface area contributed by atoms with E-state index in [1.807, 2.05) is 30.9 Å². The summed E-state index contributed by atoms with van der Waals surface area (Å²) >= 11 is 0. The SMILES string of the molecule is Cc1ccc(C(=O)N2CCCC2CN)c(C)c1. The lowest BCUT2D eigenvalue weighted by Crippen LogP contribution is -2.40. The summed E-state index contributed by atoms with van der Waals surface area (Å²) in [5.41, 5.74) is 8.77. The maximum atomic E-state index is 12.4. The number of benzene rings is 1. The summed E-state index contributed by atoms with van der Waals surface area (Å²) in [6.07, 6.45) is 2.10. The molecular formula is C14H20N2O. The average Bonchev–Trinajstić information content (AvgIpc) is 2.76. The zero-order valence-electron chi connectivity index (χ0n) is 10.6. The number of hydrogen-bond acceptors (Lipinski definition) is 2. The van der Waals surface area contributed by atoms with Crippen LogP contribution in [0.25, 0.3) is 0 Å². The van der Waals surface area contributed by atoms with Crippen LogP contribution in [0.4, 0.5) is 0 Å². The number of likely N-dealkylation sites (tertiary alicyclic amines) is 1. The molecule has 1 aliphatic heterocycles. The molecule has 3 heteroatoms. The molecular weight excluding hydrogens is 212 g/mol. The number of aryl methyl sites for hydroxylation is 2. The molecule has 1 atom stereocenters. The molecule has 1 heterocycles. The summed E-state index contributed by atoms with van der Waals surface area (Å²) in [6, 6.07) is 6.20. The van der Waals surface area contributed by atoms with Gasteiger partial charge >= 0.3 is 0 Å². The molecule has 0 bridgehead atoms. The summed E-state index contributed by atoms with van der Waals surface area (Å²) in [6.45, 7) is 5.44. The highest BCUT2D eigenvalue weighted by Gasteiger charge is 2.28. The topological polar surface area (TPSA) is 46.3 Å². The van der Waals surface area contributed by atoms with Gasteiger partial charge in [0, 0.05) is 24.7 Å². The first-order chi connectivity index (χ1) is 8.13. The van der Waals surface area contributed by atoms with E-state index in [1.165, 1.54) is 5.56 Å². The van der Waals surface area contributed by atoms with Crippen LogP contribution in [0.1, 0.15) is 34.3 Å². The van der Waals surface area contributed by atoms with Crippen molar-refractivity contribution >= 4 is 5.91 Å². The first kappa shape index (κ1) is 12.1. The van der Waals surface area contributed by atoms with Gasteiger partial charge < -0.3 is 10.6 Å². The van der Waals surface area contributed by atoms with Crippen LogP contribution in [0, 0.1) is 13.8 Å². The number of rotatable bonds is 2. The van der Waals surface area contributed by atoms with Crippen LogP contribution < -0.4 is 5.73 Å². The third kappa shape index (κ3) is 2.34. The fraction of sp³-hybridized carbons (Fsp3) is 0.500. The molecule has 2 rings (SSSR count). The van der Waals surface area contributed by atoms with E-state index < -0.39 is 0 Å². The summed E-state index contributed by atoms with van der Waals surface area (Å²) in [5.74, 6) is 0.135. The van der Waals surface area contributed by atoms with Crippen LogP contribution in [-0.2, 0) is 0 Å². The predicted molar refractivity (Wildman–Crippen MR) is 69.0 cm³/mol. The Morgan fingerprint density at radius 3 is 2.88 bits per heavy atom. The first-order valence-electron chi connectivity index (χ1n) is 6.21. The number of nitrogens with zero attached hydrogens (tertiary/aromatic N) is 1. The van der Waals surface area contributed by atoms with Crippen LogP contribution in [0.5, 0.6) is 0 Å². The quantitative estimate of drug-likeness (QED) is 0.846. The lowest BCUT2D eigenvalue weighted by Gasteiger charge is -2.24. The van der Waals surface area contributed by atoms with E-state index >= 15 is 0 Å². The van der Waals surface area contributed by atoms with E-state index in [-0.39, 0.29) is 11.9 Å². The van der Waals surface area contributed by atoms with Gasteiger partial charge in [-0.05, 0) is 38.3 Å². The lowest BCUT2D eigenvalue weighted by atomic mass is 10.0. The molecule has 1 amide bonds. The molecule has 0 aliphatic carbocycles. The van der Waals surface area contributed by atoms with Gasteiger partial charge in [0.2, 0.25) is 0 Å². The van der Waals surface area contributed by atoms with Gasteiger partial charge in [-0.1, -0.05) is 17.7 Å². The molecule has 1 aromatic carbocycles. The Morgan fingerprint density at radius 2 is 2.24 bits per heavy atom.